The van der Waals surface area contributed by atoms with Crippen molar-refractivity contribution >= 4 is 12.4 Å². The van der Waals surface area contributed by atoms with E-state index in [1.54, 1.807) is 42.5 Å². The number of hydrogen-bond acceptors (Lipinski definition) is 3. The zero-order valence-electron chi connectivity index (χ0n) is 14.7. The molecule has 3 rings (SSSR count). The van der Waals surface area contributed by atoms with Crippen LogP contribution in [0.4, 0.5) is 13.2 Å². The zero-order chi connectivity index (χ0) is 19.3. The van der Waals surface area contributed by atoms with Gasteiger partial charge < -0.3 is 15.2 Å². The van der Waals surface area contributed by atoms with E-state index in [0.717, 1.165) is 0 Å². The van der Waals surface area contributed by atoms with Crippen LogP contribution in [-0.2, 0) is 0 Å². The lowest BCUT2D eigenvalue weighted by molar-refractivity contribution is -0.138. The molecular weight excluding hydrogens is 391 g/mol. The quantitative estimate of drug-likeness (QED) is 0.496. The summed E-state index contributed by atoms with van der Waals surface area (Å²) in [5, 5.41) is 0. The molecule has 3 aromatic carbocycles. The van der Waals surface area contributed by atoms with Crippen LogP contribution in [0.3, 0.4) is 0 Å². The molecule has 0 amide bonds. The Hall–Kier alpha value is -2.70. The number of rotatable bonds is 6. The number of alkyl halides is 3. The van der Waals surface area contributed by atoms with Gasteiger partial charge in [-0.25, -0.2) is 0 Å². The maximum Gasteiger partial charge on any atom is 0.390 e. The van der Waals surface area contributed by atoms with Crippen molar-refractivity contribution in [1.29, 1.82) is 0 Å². The molecule has 3 aromatic rings. The van der Waals surface area contributed by atoms with Crippen LogP contribution in [0.2, 0.25) is 0 Å². The van der Waals surface area contributed by atoms with Crippen LogP contribution in [0, 0.1) is 0 Å². The molecule has 0 spiro atoms. The molecule has 2 N–H and O–H groups in total. The van der Waals surface area contributed by atoms with Crippen molar-refractivity contribution in [3.8, 4) is 23.0 Å². The van der Waals surface area contributed by atoms with Crippen molar-refractivity contribution in [2.75, 3.05) is 0 Å². The largest absolute Gasteiger partial charge is 0.453 e. The van der Waals surface area contributed by atoms with Crippen molar-refractivity contribution in [3.05, 3.63) is 84.4 Å². The van der Waals surface area contributed by atoms with Gasteiger partial charge in [0.05, 0.1) is 6.42 Å². The number of benzene rings is 3. The van der Waals surface area contributed by atoms with Crippen LogP contribution < -0.4 is 15.2 Å². The molecule has 0 radical (unpaired) electrons. The van der Waals surface area contributed by atoms with E-state index < -0.39 is 18.6 Å². The van der Waals surface area contributed by atoms with E-state index in [1.165, 1.54) is 12.1 Å². The second kappa shape index (κ2) is 9.48. The first-order chi connectivity index (χ1) is 12.9. The van der Waals surface area contributed by atoms with Gasteiger partial charge in [-0.15, -0.1) is 12.4 Å². The molecule has 0 fully saturated rings. The average molecular weight is 410 g/mol. The summed E-state index contributed by atoms with van der Waals surface area (Å²) in [4.78, 5) is 0. The first-order valence-corrected chi connectivity index (χ1v) is 8.33. The SMILES string of the molecule is Cl.N[C@@H](CC(F)(F)F)c1ccc(Oc2ccccc2)c(Oc2ccccc2)c1. The van der Waals surface area contributed by atoms with E-state index in [9.17, 15) is 13.2 Å². The van der Waals surface area contributed by atoms with Crippen LogP contribution in [0.15, 0.2) is 78.9 Å². The van der Waals surface area contributed by atoms with E-state index in [2.05, 4.69) is 0 Å². The maximum atomic E-state index is 12.7. The van der Waals surface area contributed by atoms with Gasteiger partial charge in [0.2, 0.25) is 0 Å². The Morgan fingerprint density at radius 1 is 0.750 bits per heavy atom. The van der Waals surface area contributed by atoms with Crippen molar-refractivity contribution < 1.29 is 22.6 Å². The summed E-state index contributed by atoms with van der Waals surface area (Å²) < 4.78 is 49.7. The van der Waals surface area contributed by atoms with Gasteiger partial charge in [-0.1, -0.05) is 42.5 Å². The number of halogens is 4. The zero-order valence-corrected chi connectivity index (χ0v) is 15.5. The van der Waals surface area contributed by atoms with Crippen molar-refractivity contribution in [1.82, 2.24) is 0 Å². The smallest absolute Gasteiger partial charge is 0.390 e. The van der Waals surface area contributed by atoms with Crippen molar-refractivity contribution in [2.45, 2.75) is 18.6 Å². The minimum atomic E-state index is -4.35. The molecule has 0 bridgehead atoms. The molecule has 0 unspecified atom stereocenters. The molecule has 7 heteroatoms. The van der Waals surface area contributed by atoms with E-state index in [1.807, 2.05) is 24.3 Å². The minimum Gasteiger partial charge on any atom is -0.453 e. The third kappa shape index (κ3) is 6.18. The highest BCUT2D eigenvalue weighted by Gasteiger charge is 2.31. The number of nitrogens with two attached hydrogens (primary N) is 1. The molecule has 0 heterocycles. The predicted molar refractivity (Wildman–Crippen MR) is 104 cm³/mol. The lowest BCUT2D eigenvalue weighted by Crippen LogP contribution is -2.20. The van der Waals surface area contributed by atoms with Crippen molar-refractivity contribution in [2.24, 2.45) is 5.73 Å². The van der Waals surface area contributed by atoms with Crippen LogP contribution in [0.5, 0.6) is 23.0 Å². The highest BCUT2D eigenvalue weighted by molar-refractivity contribution is 5.85. The molecule has 3 nitrogen and oxygen atoms in total. The molecule has 0 aliphatic rings. The standard InChI is InChI=1S/C21H18F3NO2.ClH/c22-21(23,24)14-18(25)15-11-12-19(26-16-7-3-1-4-8-16)20(13-15)27-17-9-5-2-6-10-17;/h1-13,18H,14,25H2;1H/t18-;/m0./s1. The Morgan fingerprint density at radius 2 is 1.25 bits per heavy atom. The summed E-state index contributed by atoms with van der Waals surface area (Å²) in [6.07, 6.45) is -5.46. The highest BCUT2D eigenvalue weighted by atomic mass is 35.5. The first-order valence-electron chi connectivity index (χ1n) is 8.33. The second-order valence-electron chi connectivity index (χ2n) is 5.96. The Balaban J connectivity index is 0.00000280. The normalized spacial score (nSPS) is 12.0. The fraction of sp³-hybridized carbons (Fsp3) is 0.143. The molecule has 0 aliphatic carbocycles. The van der Waals surface area contributed by atoms with E-state index in [0.29, 0.717) is 28.6 Å². The summed E-state index contributed by atoms with van der Waals surface area (Å²) in [6, 6.07) is 21.4. The molecule has 0 saturated heterocycles. The van der Waals surface area contributed by atoms with Gasteiger partial charge in [-0.05, 0) is 42.0 Å². The number of hydrogen-bond donors (Lipinski definition) is 1. The van der Waals surface area contributed by atoms with Gasteiger partial charge in [-0.3, -0.25) is 0 Å². The Kier molecular flexibility index (Phi) is 7.31. The van der Waals surface area contributed by atoms with Crippen molar-refractivity contribution in [3.63, 3.8) is 0 Å². The maximum absolute atomic E-state index is 12.7. The number of ether oxygens (including phenoxy) is 2. The van der Waals surface area contributed by atoms with Gasteiger partial charge in [0.15, 0.2) is 11.5 Å². The van der Waals surface area contributed by atoms with Crippen LogP contribution in [0.1, 0.15) is 18.0 Å². The minimum absolute atomic E-state index is 0. The Labute approximate surface area is 167 Å². The monoisotopic (exact) mass is 409 g/mol. The molecule has 148 valence electrons. The van der Waals surface area contributed by atoms with E-state index in [-0.39, 0.29) is 12.4 Å². The lowest BCUT2D eigenvalue weighted by Gasteiger charge is -2.18. The highest BCUT2D eigenvalue weighted by Crippen LogP contribution is 2.38. The topological polar surface area (TPSA) is 44.5 Å². The summed E-state index contributed by atoms with van der Waals surface area (Å²) in [6.45, 7) is 0. The lowest BCUT2D eigenvalue weighted by atomic mass is 10.0. The molecule has 0 aliphatic heterocycles. The van der Waals surface area contributed by atoms with Crippen LogP contribution >= 0.6 is 12.4 Å². The molecule has 0 saturated carbocycles. The molecule has 28 heavy (non-hydrogen) atoms. The second-order valence-corrected chi connectivity index (χ2v) is 5.96. The van der Waals surface area contributed by atoms with Crippen LogP contribution in [0.25, 0.3) is 0 Å². The van der Waals surface area contributed by atoms with Gasteiger partial charge >= 0.3 is 6.18 Å². The fourth-order valence-electron chi connectivity index (χ4n) is 2.52. The summed E-state index contributed by atoms with van der Waals surface area (Å²) in [7, 11) is 0. The van der Waals surface area contributed by atoms with Gasteiger partial charge in [0.25, 0.3) is 0 Å². The van der Waals surface area contributed by atoms with Gasteiger partial charge in [-0.2, -0.15) is 13.2 Å². The van der Waals surface area contributed by atoms with Crippen LogP contribution in [-0.4, -0.2) is 6.18 Å². The first kappa shape index (κ1) is 21.6. The average Bonchev–Trinajstić information content (AvgIpc) is 2.63. The predicted octanol–water partition coefficient (Wildman–Crippen LogP) is 6.65. The van der Waals surface area contributed by atoms with Gasteiger partial charge in [0, 0.05) is 6.04 Å². The van der Waals surface area contributed by atoms with E-state index in [4.69, 9.17) is 15.2 Å². The summed E-state index contributed by atoms with van der Waals surface area (Å²) in [5.74, 6) is 1.80. The number of para-hydroxylation sites is 2. The molecular formula is C21H19ClF3NO2. The van der Waals surface area contributed by atoms with Gasteiger partial charge in [0.1, 0.15) is 11.5 Å². The summed E-state index contributed by atoms with van der Waals surface area (Å²) >= 11 is 0. The third-order valence-corrected chi connectivity index (χ3v) is 3.79. The van der Waals surface area contributed by atoms with E-state index >= 15 is 0 Å². The summed E-state index contributed by atoms with van der Waals surface area (Å²) in [5.41, 5.74) is 6.05. The fourth-order valence-corrected chi connectivity index (χ4v) is 2.52. The third-order valence-electron chi connectivity index (χ3n) is 3.79. The molecule has 1 atom stereocenters. The Morgan fingerprint density at radius 3 is 1.75 bits per heavy atom. The Bertz CT molecular complexity index is 874. The molecule has 0 aromatic heterocycles.